The summed E-state index contributed by atoms with van der Waals surface area (Å²) in [6.45, 7) is 2.48. The Kier molecular flexibility index (Phi) is 9.46. The molecule has 0 saturated heterocycles. The molecular formula is C23H33FN6O2. The van der Waals surface area contributed by atoms with Crippen LogP contribution in [0.3, 0.4) is 0 Å². The molecule has 0 radical (unpaired) electrons. The van der Waals surface area contributed by atoms with E-state index in [-0.39, 0.29) is 23.6 Å². The maximum absolute atomic E-state index is 13.1. The number of amides is 2. The molecule has 32 heavy (non-hydrogen) atoms. The Labute approximate surface area is 188 Å². The Hall–Kier alpha value is -2.97. The van der Waals surface area contributed by atoms with Gasteiger partial charge >= 0.3 is 0 Å². The van der Waals surface area contributed by atoms with Crippen LogP contribution in [0.15, 0.2) is 30.3 Å². The van der Waals surface area contributed by atoms with E-state index >= 15 is 0 Å². The highest BCUT2D eigenvalue weighted by atomic mass is 19.1. The third kappa shape index (κ3) is 7.94. The molecule has 2 bridgehead atoms. The van der Waals surface area contributed by atoms with Crippen LogP contribution >= 0.6 is 0 Å². The monoisotopic (exact) mass is 444 g/mol. The molecule has 1 aliphatic carbocycles. The van der Waals surface area contributed by atoms with Gasteiger partial charge in [0.2, 0.25) is 11.9 Å². The topological polar surface area (TPSA) is 108 Å². The van der Waals surface area contributed by atoms with Gasteiger partial charge in [0.15, 0.2) is 0 Å². The molecular weight excluding hydrogens is 411 g/mol. The fourth-order valence-corrected chi connectivity index (χ4v) is 3.61. The fourth-order valence-electron chi connectivity index (χ4n) is 3.61. The van der Waals surface area contributed by atoms with E-state index in [1.54, 1.807) is 6.08 Å². The predicted octanol–water partition coefficient (Wildman–Crippen LogP) is 3.32. The van der Waals surface area contributed by atoms with E-state index in [0.29, 0.717) is 43.3 Å². The smallest absolute Gasteiger partial charge is 0.256 e. The second-order valence-electron chi connectivity index (χ2n) is 8.18. The number of rotatable bonds is 3. The first-order chi connectivity index (χ1) is 15.6. The van der Waals surface area contributed by atoms with Gasteiger partial charge in [-0.25, -0.2) is 9.37 Å². The van der Waals surface area contributed by atoms with Crippen molar-refractivity contribution in [2.45, 2.75) is 51.4 Å². The van der Waals surface area contributed by atoms with E-state index in [1.807, 2.05) is 0 Å². The van der Waals surface area contributed by atoms with Gasteiger partial charge in [0.1, 0.15) is 17.2 Å². The van der Waals surface area contributed by atoms with Crippen LogP contribution < -0.4 is 21.3 Å². The van der Waals surface area contributed by atoms with Crippen molar-refractivity contribution in [1.29, 1.82) is 0 Å². The summed E-state index contributed by atoms with van der Waals surface area (Å²) >= 11 is 0. The number of nitrogens with one attached hydrogen (secondary N) is 4. The number of hydrogen-bond acceptors (Lipinski definition) is 6. The first kappa shape index (κ1) is 23.7. The first-order valence-electron chi connectivity index (χ1n) is 11.6. The van der Waals surface area contributed by atoms with Crippen molar-refractivity contribution >= 4 is 23.6 Å². The molecule has 9 heteroatoms. The van der Waals surface area contributed by atoms with Crippen molar-refractivity contribution in [3.63, 3.8) is 0 Å². The van der Waals surface area contributed by atoms with Crippen LogP contribution in [0.4, 0.5) is 16.2 Å². The van der Waals surface area contributed by atoms with Crippen LogP contribution in [-0.2, 0) is 4.79 Å². The lowest BCUT2D eigenvalue weighted by Crippen LogP contribution is -2.30. The minimum absolute atomic E-state index is 0.0607. The SMILES string of the molecule is O=C1CCCCNc2nc(ncc2C(=O)NCC2C=CC(F)=CC2)NCCCCCCN1. The number of carbonyl (C=O) groups excluding carboxylic acids is 2. The first-order valence-corrected chi connectivity index (χ1v) is 11.6. The Bertz CT molecular complexity index is 842. The maximum atomic E-state index is 13.1. The Morgan fingerprint density at radius 1 is 1.06 bits per heavy atom. The van der Waals surface area contributed by atoms with Crippen LogP contribution in [-0.4, -0.2) is 48.0 Å². The maximum Gasteiger partial charge on any atom is 0.256 e. The summed E-state index contributed by atoms with van der Waals surface area (Å²) in [5.41, 5.74) is 0.368. The Morgan fingerprint density at radius 2 is 1.81 bits per heavy atom. The summed E-state index contributed by atoms with van der Waals surface area (Å²) in [6, 6.07) is 0. The third-order valence-corrected chi connectivity index (χ3v) is 5.53. The Balaban J connectivity index is 1.62. The number of fused-ring (bicyclic) bond motifs is 2. The largest absolute Gasteiger partial charge is 0.369 e. The lowest BCUT2D eigenvalue weighted by atomic mass is 10.0. The van der Waals surface area contributed by atoms with E-state index in [9.17, 15) is 14.0 Å². The van der Waals surface area contributed by atoms with Crippen LogP contribution in [0, 0.1) is 5.92 Å². The lowest BCUT2D eigenvalue weighted by molar-refractivity contribution is -0.121. The fraction of sp³-hybridized carbons (Fsp3) is 0.565. The number of hydrogen-bond donors (Lipinski definition) is 4. The molecule has 0 aromatic carbocycles. The van der Waals surface area contributed by atoms with E-state index < -0.39 is 0 Å². The van der Waals surface area contributed by atoms with Gasteiger partial charge in [-0.15, -0.1) is 0 Å². The van der Waals surface area contributed by atoms with Gasteiger partial charge in [0.25, 0.3) is 5.91 Å². The van der Waals surface area contributed by atoms with Gasteiger partial charge in [-0.1, -0.05) is 18.9 Å². The average Bonchev–Trinajstić information content (AvgIpc) is 2.80. The number of aromatic nitrogens is 2. The minimum Gasteiger partial charge on any atom is -0.369 e. The number of allylic oxidation sites excluding steroid dienone is 3. The van der Waals surface area contributed by atoms with E-state index in [1.165, 1.54) is 18.3 Å². The normalized spacial score (nSPS) is 20.7. The average molecular weight is 445 g/mol. The molecule has 0 fully saturated rings. The second kappa shape index (κ2) is 12.8. The van der Waals surface area contributed by atoms with Gasteiger partial charge in [-0.2, -0.15) is 4.98 Å². The highest BCUT2D eigenvalue weighted by Gasteiger charge is 2.17. The molecule has 1 aliphatic heterocycles. The molecule has 0 spiro atoms. The highest BCUT2D eigenvalue weighted by molar-refractivity contribution is 5.98. The summed E-state index contributed by atoms with van der Waals surface area (Å²) in [6.07, 6.45) is 12.9. The van der Waals surface area contributed by atoms with E-state index in [4.69, 9.17) is 0 Å². The van der Waals surface area contributed by atoms with E-state index in [0.717, 1.165) is 51.6 Å². The zero-order chi connectivity index (χ0) is 22.6. The zero-order valence-corrected chi connectivity index (χ0v) is 18.5. The summed E-state index contributed by atoms with van der Waals surface area (Å²) in [7, 11) is 0. The molecule has 8 nitrogen and oxygen atoms in total. The highest BCUT2D eigenvalue weighted by Crippen LogP contribution is 2.18. The van der Waals surface area contributed by atoms with Gasteiger partial charge < -0.3 is 21.3 Å². The van der Waals surface area contributed by atoms with Crippen molar-refractivity contribution in [1.82, 2.24) is 20.6 Å². The van der Waals surface area contributed by atoms with Crippen LogP contribution in [0.25, 0.3) is 0 Å². The summed E-state index contributed by atoms with van der Waals surface area (Å²) in [5, 5.41) is 12.3. The molecule has 1 aromatic rings. The van der Waals surface area contributed by atoms with Gasteiger partial charge in [0.05, 0.1) is 0 Å². The molecule has 1 atom stereocenters. The van der Waals surface area contributed by atoms with Crippen molar-refractivity contribution in [3.05, 3.63) is 35.8 Å². The van der Waals surface area contributed by atoms with Crippen molar-refractivity contribution in [2.75, 3.05) is 36.8 Å². The molecule has 1 aromatic heterocycles. The molecule has 3 rings (SSSR count). The number of halogens is 1. The van der Waals surface area contributed by atoms with Crippen molar-refractivity contribution in [2.24, 2.45) is 5.92 Å². The van der Waals surface area contributed by atoms with Gasteiger partial charge in [0, 0.05) is 38.8 Å². The molecule has 174 valence electrons. The summed E-state index contributed by atoms with van der Waals surface area (Å²) < 4.78 is 13.1. The molecule has 1 unspecified atom stereocenters. The van der Waals surface area contributed by atoms with Crippen molar-refractivity contribution in [3.8, 4) is 0 Å². The Morgan fingerprint density at radius 3 is 2.59 bits per heavy atom. The molecule has 2 amide bonds. The molecule has 4 N–H and O–H groups in total. The van der Waals surface area contributed by atoms with Gasteiger partial charge in [-0.3, -0.25) is 9.59 Å². The molecule has 2 heterocycles. The summed E-state index contributed by atoms with van der Waals surface area (Å²) in [5.74, 6) is 0.597. The second-order valence-corrected chi connectivity index (χ2v) is 8.18. The number of carbonyl (C=O) groups is 2. The quantitative estimate of drug-likeness (QED) is 0.570. The molecule has 2 aliphatic rings. The zero-order valence-electron chi connectivity index (χ0n) is 18.5. The van der Waals surface area contributed by atoms with Crippen molar-refractivity contribution < 1.29 is 14.0 Å². The lowest BCUT2D eigenvalue weighted by Gasteiger charge is -2.16. The van der Waals surface area contributed by atoms with Crippen LogP contribution in [0.2, 0.25) is 0 Å². The summed E-state index contributed by atoms with van der Waals surface area (Å²) in [4.78, 5) is 33.5. The van der Waals surface area contributed by atoms with Crippen LogP contribution in [0.1, 0.15) is 61.7 Å². The minimum atomic E-state index is -0.271. The van der Waals surface area contributed by atoms with Crippen LogP contribution in [0.5, 0.6) is 0 Å². The third-order valence-electron chi connectivity index (χ3n) is 5.53. The standard InChI is InChI=1S/C23H33FN6O2/c24-18-10-8-17(9-11-18)15-28-22(32)19-16-29-23-27-14-5-2-1-4-12-25-20(31)7-3-6-13-26-21(19)30-23/h8,10-11,16-17H,1-7,9,12-15H2,(H,25,31)(H,28,32)(H2,26,27,29,30). The molecule has 0 saturated carbocycles. The predicted molar refractivity (Wildman–Crippen MR) is 123 cm³/mol. The van der Waals surface area contributed by atoms with E-state index in [2.05, 4.69) is 31.2 Å². The number of anilines is 2. The van der Waals surface area contributed by atoms with Gasteiger partial charge in [-0.05, 0) is 50.2 Å². The number of nitrogens with zero attached hydrogens (tertiary/aromatic N) is 2.